The van der Waals surface area contributed by atoms with E-state index < -0.39 is 0 Å². The number of rotatable bonds is 4. The number of halogens is 1. The number of hydrogen-bond donors (Lipinski definition) is 2. The van der Waals surface area contributed by atoms with Gasteiger partial charge in [0.1, 0.15) is 29.8 Å². The fraction of sp³-hybridized carbons (Fsp3) is 0.286. The van der Waals surface area contributed by atoms with Gasteiger partial charge in [-0.3, -0.25) is 0 Å². The van der Waals surface area contributed by atoms with E-state index in [0.717, 1.165) is 47.6 Å². The van der Waals surface area contributed by atoms with Crippen LogP contribution in [0.25, 0.3) is 21.9 Å². The molecule has 1 aromatic carbocycles. The highest BCUT2D eigenvalue weighted by molar-refractivity contribution is 6.33. The molecule has 148 valence electrons. The number of benzene rings is 1. The molecule has 0 amide bonds. The number of ether oxygens (including phenoxy) is 1. The first kappa shape index (κ1) is 18.1. The molecule has 2 unspecified atom stereocenters. The van der Waals surface area contributed by atoms with E-state index in [4.69, 9.17) is 27.8 Å². The summed E-state index contributed by atoms with van der Waals surface area (Å²) in [5, 5.41) is 2.34. The maximum absolute atomic E-state index is 6.31. The van der Waals surface area contributed by atoms with Crippen LogP contribution in [0.1, 0.15) is 31.1 Å². The number of anilines is 2. The van der Waals surface area contributed by atoms with E-state index in [2.05, 4.69) is 31.7 Å². The molecule has 7 nitrogen and oxygen atoms in total. The molecule has 8 heteroatoms. The van der Waals surface area contributed by atoms with Gasteiger partial charge in [0.25, 0.3) is 0 Å². The number of aromatic nitrogens is 4. The van der Waals surface area contributed by atoms with Crippen molar-refractivity contribution in [2.75, 3.05) is 11.5 Å². The lowest BCUT2D eigenvalue weighted by Crippen LogP contribution is -2.12. The Morgan fingerprint density at radius 1 is 1.10 bits per heavy atom. The van der Waals surface area contributed by atoms with Gasteiger partial charge < -0.3 is 20.8 Å². The molecule has 0 saturated carbocycles. The van der Waals surface area contributed by atoms with Crippen molar-refractivity contribution in [3.63, 3.8) is 0 Å². The van der Waals surface area contributed by atoms with Crippen molar-refractivity contribution in [3.8, 4) is 0 Å². The maximum atomic E-state index is 6.31. The molecule has 0 spiro atoms. The van der Waals surface area contributed by atoms with Crippen molar-refractivity contribution in [1.29, 1.82) is 0 Å². The minimum absolute atomic E-state index is 0.0213. The Morgan fingerprint density at radius 3 is 2.90 bits per heavy atom. The third-order valence-corrected chi connectivity index (χ3v) is 5.86. The van der Waals surface area contributed by atoms with E-state index in [1.165, 1.54) is 11.9 Å². The van der Waals surface area contributed by atoms with Gasteiger partial charge in [0.2, 0.25) is 0 Å². The molecule has 0 bridgehead atoms. The predicted molar refractivity (Wildman–Crippen MR) is 115 cm³/mol. The maximum Gasteiger partial charge on any atom is 0.147 e. The number of hydrogen-bond acceptors (Lipinski definition) is 6. The van der Waals surface area contributed by atoms with Crippen LogP contribution in [-0.4, -0.2) is 25.6 Å². The Hall–Kier alpha value is -2.90. The van der Waals surface area contributed by atoms with Gasteiger partial charge in [-0.2, -0.15) is 0 Å². The molecule has 0 aliphatic carbocycles. The molecule has 5 rings (SSSR count). The Balaban J connectivity index is 1.27. The summed E-state index contributed by atoms with van der Waals surface area (Å²) < 4.78 is 8.36. The van der Waals surface area contributed by atoms with Crippen LogP contribution in [0.3, 0.4) is 0 Å². The minimum Gasteiger partial charge on any atom is -0.383 e. The first-order chi connectivity index (χ1) is 14.1. The largest absolute Gasteiger partial charge is 0.383 e. The molecular weight excluding hydrogens is 388 g/mol. The van der Waals surface area contributed by atoms with E-state index in [9.17, 15) is 0 Å². The molecule has 1 aliphatic rings. The summed E-state index contributed by atoms with van der Waals surface area (Å²) in [4.78, 5) is 12.8. The van der Waals surface area contributed by atoms with Crippen LogP contribution in [0, 0.1) is 0 Å². The summed E-state index contributed by atoms with van der Waals surface area (Å²) in [5.41, 5.74) is 14.7. The van der Waals surface area contributed by atoms with Crippen molar-refractivity contribution in [2.45, 2.75) is 38.0 Å². The quantitative estimate of drug-likeness (QED) is 0.526. The summed E-state index contributed by atoms with van der Waals surface area (Å²) in [7, 11) is 0. The van der Waals surface area contributed by atoms with Crippen LogP contribution < -0.4 is 11.5 Å². The number of fused-ring (bicyclic) bond motifs is 2. The highest BCUT2D eigenvalue weighted by atomic mass is 35.5. The number of nitrogens with two attached hydrogens (primary N) is 2. The number of pyridine rings is 1. The summed E-state index contributed by atoms with van der Waals surface area (Å²) in [5.74, 6) is 0.858. The van der Waals surface area contributed by atoms with Crippen LogP contribution in [0.5, 0.6) is 0 Å². The predicted octanol–water partition coefficient (Wildman–Crippen LogP) is 4.11. The first-order valence-electron chi connectivity index (χ1n) is 9.65. The van der Waals surface area contributed by atoms with E-state index in [0.29, 0.717) is 16.7 Å². The normalized spacial score (nSPS) is 19.3. The zero-order chi connectivity index (χ0) is 20.0. The summed E-state index contributed by atoms with van der Waals surface area (Å²) >= 11 is 6.05. The summed E-state index contributed by atoms with van der Waals surface area (Å²) in [6.45, 7) is 0. The lowest BCUT2D eigenvalue weighted by atomic mass is 10.0. The van der Waals surface area contributed by atoms with Crippen LogP contribution in [0.2, 0.25) is 5.02 Å². The lowest BCUT2D eigenvalue weighted by Gasteiger charge is -2.16. The van der Waals surface area contributed by atoms with Crippen LogP contribution in [-0.2, 0) is 11.2 Å². The molecule has 4 N–H and O–H groups in total. The Kier molecular flexibility index (Phi) is 4.49. The molecule has 0 radical (unpaired) electrons. The molecule has 1 aliphatic heterocycles. The molecule has 3 aromatic heterocycles. The minimum atomic E-state index is -0.0213. The molecule has 1 fully saturated rings. The van der Waals surface area contributed by atoms with Crippen molar-refractivity contribution in [3.05, 3.63) is 53.4 Å². The molecular formula is C21H21ClN6O. The summed E-state index contributed by atoms with van der Waals surface area (Å²) in [6.07, 6.45) is 7.48. The van der Waals surface area contributed by atoms with Gasteiger partial charge in [0.05, 0.1) is 22.0 Å². The second-order valence-corrected chi connectivity index (χ2v) is 7.84. The Bertz CT molecular complexity index is 1210. The van der Waals surface area contributed by atoms with Gasteiger partial charge in [-0.05, 0) is 49.4 Å². The van der Waals surface area contributed by atoms with Crippen molar-refractivity contribution < 1.29 is 4.74 Å². The molecule has 29 heavy (non-hydrogen) atoms. The molecule has 2 atom stereocenters. The Labute approximate surface area is 172 Å². The average molecular weight is 409 g/mol. The van der Waals surface area contributed by atoms with Crippen LogP contribution >= 0.6 is 11.6 Å². The van der Waals surface area contributed by atoms with Gasteiger partial charge in [-0.15, -0.1) is 0 Å². The third kappa shape index (κ3) is 3.36. The van der Waals surface area contributed by atoms with Crippen molar-refractivity contribution >= 4 is 45.2 Å². The standard InChI is InChI=1S/C21H21ClN6O/c22-16-10-13-3-1-12(9-17(13)27-20(16)24)2-4-14-5-6-18(29-14)28-8-7-15-19(23)25-11-26-21(15)28/h1,3,7-11,14,18H,2,4-6H2,(H2,24,27)(H2,23,25,26). The fourth-order valence-electron chi connectivity index (χ4n) is 4.01. The second kappa shape index (κ2) is 7.17. The third-order valence-electron chi connectivity index (χ3n) is 5.55. The summed E-state index contributed by atoms with van der Waals surface area (Å²) in [6, 6.07) is 10.0. The van der Waals surface area contributed by atoms with Crippen molar-refractivity contribution in [1.82, 2.24) is 19.5 Å². The molecule has 4 aromatic rings. The van der Waals surface area contributed by atoms with Gasteiger partial charge in [0, 0.05) is 11.6 Å². The average Bonchev–Trinajstić information content (AvgIpc) is 3.35. The van der Waals surface area contributed by atoms with Gasteiger partial charge in [-0.1, -0.05) is 23.7 Å². The fourth-order valence-corrected chi connectivity index (χ4v) is 4.17. The van der Waals surface area contributed by atoms with Crippen molar-refractivity contribution in [2.24, 2.45) is 0 Å². The topological polar surface area (TPSA) is 105 Å². The van der Waals surface area contributed by atoms with E-state index in [-0.39, 0.29) is 12.3 Å². The van der Waals surface area contributed by atoms with Gasteiger partial charge in [0.15, 0.2) is 0 Å². The van der Waals surface area contributed by atoms with Gasteiger partial charge >= 0.3 is 0 Å². The monoisotopic (exact) mass is 408 g/mol. The Morgan fingerprint density at radius 2 is 2.00 bits per heavy atom. The molecule has 1 saturated heterocycles. The van der Waals surface area contributed by atoms with Crippen LogP contribution in [0.4, 0.5) is 11.6 Å². The SMILES string of the molecule is Nc1nc2cc(CCC3CCC(n4ccc5c(N)ncnc54)O3)ccc2cc1Cl. The number of nitrogen functional groups attached to an aromatic ring is 2. The van der Waals surface area contributed by atoms with E-state index in [1.807, 2.05) is 24.4 Å². The highest BCUT2D eigenvalue weighted by Crippen LogP contribution is 2.33. The highest BCUT2D eigenvalue weighted by Gasteiger charge is 2.27. The molecule has 4 heterocycles. The van der Waals surface area contributed by atoms with E-state index >= 15 is 0 Å². The lowest BCUT2D eigenvalue weighted by molar-refractivity contribution is 0.00120. The van der Waals surface area contributed by atoms with E-state index in [1.54, 1.807) is 0 Å². The number of nitrogens with zero attached hydrogens (tertiary/aromatic N) is 4. The second-order valence-electron chi connectivity index (χ2n) is 7.43. The zero-order valence-corrected chi connectivity index (χ0v) is 16.5. The van der Waals surface area contributed by atoms with Crippen LogP contribution in [0.15, 0.2) is 42.9 Å². The first-order valence-corrected chi connectivity index (χ1v) is 10.0. The zero-order valence-electron chi connectivity index (χ0n) is 15.8. The van der Waals surface area contributed by atoms with Gasteiger partial charge in [-0.25, -0.2) is 15.0 Å². The number of aryl methyl sites for hydroxylation is 1. The smallest absolute Gasteiger partial charge is 0.147 e.